The summed E-state index contributed by atoms with van der Waals surface area (Å²) in [5.41, 5.74) is 0.783. The molecule has 1 atom stereocenters. The topological polar surface area (TPSA) is 75.6 Å². The number of carbonyl (C=O) groups excluding carboxylic acids is 1. The predicted octanol–water partition coefficient (Wildman–Crippen LogP) is 2.13. The van der Waals surface area contributed by atoms with E-state index in [4.69, 9.17) is 9.84 Å². The van der Waals surface area contributed by atoms with Gasteiger partial charge in [-0.15, -0.1) is 0 Å². The summed E-state index contributed by atoms with van der Waals surface area (Å²) in [6.45, 7) is 0. The average Bonchev–Trinajstić information content (AvgIpc) is 2.49. The Kier molecular flexibility index (Phi) is 5.68. The third kappa shape index (κ3) is 4.38. The molecular weight excluding hydrogens is 527 g/mol. The van der Waals surface area contributed by atoms with Gasteiger partial charge in [0.15, 0.2) is 0 Å². The Bertz CT molecular complexity index is 601. The molecule has 22 heavy (non-hydrogen) atoms. The molecule has 0 heterocycles. The molecule has 5 nitrogen and oxygen atoms in total. The third-order valence-electron chi connectivity index (χ3n) is 2.87. The standard InChI is InChI=1S/C16H14NO4.Fm/c18-11-17-15(16(19)20)10-12-6-8-14(9-7-12)21-13-4-2-1-3-5-13;/h1-9,15H,10H2,(H,17,18)(H,19,20);/q-1;/t15-;/m0./s1. The van der Waals surface area contributed by atoms with Gasteiger partial charge in [-0.1, -0.05) is 30.3 Å². The number of nitrogens with one attached hydrogen (secondary N) is 1. The molecule has 2 N–H and O–H groups in total. The van der Waals surface area contributed by atoms with Gasteiger partial charge in [0.2, 0.25) is 0 Å². The molecule has 0 aliphatic rings. The second-order valence-corrected chi connectivity index (χ2v) is 4.40. The van der Waals surface area contributed by atoms with Crippen molar-refractivity contribution in [3.05, 3.63) is 60.2 Å². The molecule has 0 fully saturated rings. The van der Waals surface area contributed by atoms with E-state index in [0.717, 1.165) is 11.3 Å². The fourth-order valence-electron chi connectivity index (χ4n) is 1.83. The number of hydrogen-bond acceptors (Lipinski definition) is 3. The Labute approximate surface area is 122 Å². The van der Waals surface area contributed by atoms with Crippen molar-refractivity contribution in [2.45, 2.75) is 12.5 Å². The molecule has 0 aliphatic carbocycles. The van der Waals surface area contributed by atoms with Gasteiger partial charge in [-0.05, 0) is 29.8 Å². The summed E-state index contributed by atoms with van der Waals surface area (Å²) in [4.78, 5) is 21.2. The number of ether oxygens (including phenoxy) is 1. The average molecular weight is 541 g/mol. The molecule has 0 bridgehead atoms. The summed E-state index contributed by atoms with van der Waals surface area (Å²) in [6, 6.07) is 15.4. The summed E-state index contributed by atoms with van der Waals surface area (Å²) in [6.07, 6.45) is 1.60. The number of carboxylic acids is 1. The van der Waals surface area contributed by atoms with E-state index in [0.29, 0.717) is 5.75 Å². The Morgan fingerprint density at radius 3 is 2.23 bits per heavy atom. The van der Waals surface area contributed by atoms with Crippen molar-refractivity contribution in [1.82, 2.24) is 5.32 Å². The molecule has 2 rings (SSSR count). The van der Waals surface area contributed by atoms with Crippen molar-refractivity contribution in [2.75, 3.05) is 0 Å². The fraction of sp³-hybridized carbons (Fsp3) is 0.125. The number of hydrogen-bond donors (Lipinski definition) is 2. The second-order valence-electron chi connectivity index (χ2n) is 4.40. The van der Waals surface area contributed by atoms with Crippen molar-refractivity contribution >= 4 is 12.4 Å². The van der Waals surface area contributed by atoms with Crippen molar-refractivity contribution in [1.29, 1.82) is 0 Å². The molecule has 0 unspecified atom stereocenters. The zero-order chi connectivity index (χ0) is 15.1. The first-order valence-electron chi connectivity index (χ1n) is 6.36. The Morgan fingerprint density at radius 2 is 1.68 bits per heavy atom. The van der Waals surface area contributed by atoms with E-state index in [9.17, 15) is 9.59 Å². The van der Waals surface area contributed by atoms with Gasteiger partial charge in [0.25, 0.3) is 0 Å². The van der Waals surface area contributed by atoms with Gasteiger partial charge in [0.05, 0.1) is 0 Å². The van der Waals surface area contributed by atoms with Crippen LogP contribution in [0.15, 0.2) is 54.6 Å². The van der Waals surface area contributed by atoms with E-state index >= 15 is 0 Å². The third-order valence-corrected chi connectivity index (χ3v) is 2.87. The number of carboxylic acid groups (broad SMARTS) is 1. The minimum Gasteiger partial charge on any atom is -0.520 e. The summed E-state index contributed by atoms with van der Waals surface area (Å²) >= 11 is 0. The van der Waals surface area contributed by atoms with Crippen LogP contribution in [0.2, 0.25) is 0 Å². The monoisotopic (exact) mass is 541 g/mol. The largest absolute Gasteiger partial charge is 0.520 e. The maximum absolute atomic E-state index is 10.9. The quantitative estimate of drug-likeness (QED) is 0.417. The normalized spacial score (nSPS) is 10.9. The molecule has 2 aromatic carbocycles. The summed E-state index contributed by atoms with van der Waals surface area (Å²) < 4.78 is 5.64. The van der Waals surface area contributed by atoms with Crippen LogP contribution in [-0.2, 0) is 16.0 Å². The Balaban J connectivity index is 0.00000242. The Morgan fingerprint density at radius 1 is 1.09 bits per heavy atom. The van der Waals surface area contributed by atoms with Gasteiger partial charge in [-0.25, -0.2) is 0 Å². The van der Waals surface area contributed by atoms with E-state index in [-0.39, 0.29) is 6.42 Å². The van der Waals surface area contributed by atoms with Crippen LogP contribution in [0.4, 0.5) is 0 Å². The zero-order valence-electron chi connectivity index (χ0n) is 11.4. The van der Waals surface area contributed by atoms with Crippen LogP contribution < -0.4 is 10.1 Å². The van der Waals surface area contributed by atoms with E-state index in [2.05, 4.69) is 5.32 Å². The van der Waals surface area contributed by atoms with Crippen molar-refractivity contribution in [3.63, 3.8) is 0 Å². The number of benzene rings is 2. The molecule has 0 aliphatic heterocycles. The van der Waals surface area contributed by atoms with E-state index in [1.807, 2.05) is 30.3 Å². The SMILES string of the molecule is O=[C-]N[C@@H](Cc1ccc(Oc2ccccc2)cc1)C(=O)O.[Fm]. The van der Waals surface area contributed by atoms with E-state index < -0.39 is 12.0 Å². The smallest absolute Gasteiger partial charge is 0.323 e. The first kappa shape index (κ1) is 16.2. The molecule has 0 radical (unpaired) electrons. The van der Waals surface area contributed by atoms with Gasteiger partial charge in [-0.3, -0.25) is 4.79 Å². The molecular formula is C16H14FmNO4-. The molecule has 0 aromatic heterocycles. The Hall–Kier alpha value is -3.82. The number of aliphatic carboxylic acids is 1. The minimum atomic E-state index is -1.09. The van der Waals surface area contributed by atoms with E-state index in [1.54, 1.807) is 24.3 Å². The van der Waals surface area contributed by atoms with Crippen LogP contribution >= 0.6 is 0 Å². The van der Waals surface area contributed by atoms with Gasteiger partial charge in [0, 0.05) is 6.42 Å². The van der Waals surface area contributed by atoms with Gasteiger partial charge in [0.1, 0.15) is 17.5 Å². The molecule has 2 aromatic rings. The molecule has 0 saturated carbocycles. The maximum Gasteiger partial charge on any atom is 0.323 e. The summed E-state index contributed by atoms with van der Waals surface area (Å²) in [5, 5.41) is 11.1. The van der Waals surface area contributed by atoms with Crippen LogP contribution in [0.25, 0.3) is 0 Å². The predicted molar refractivity (Wildman–Crippen MR) is 76.9 cm³/mol. The first-order chi connectivity index (χ1) is 10.2. The molecule has 0 spiro atoms. The van der Waals surface area contributed by atoms with Crippen molar-refractivity contribution in [2.24, 2.45) is 0 Å². The van der Waals surface area contributed by atoms with E-state index in [1.165, 1.54) is 6.41 Å². The summed E-state index contributed by atoms with van der Waals surface area (Å²) in [5.74, 6) is 0.292. The zero-order valence-corrected chi connectivity index (χ0v) is 13.8. The fourth-order valence-corrected chi connectivity index (χ4v) is 1.83. The molecule has 6 heteroatoms. The van der Waals surface area contributed by atoms with Gasteiger partial charge < -0.3 is 20.0 Å². The molecule has 120 valence electrons. The molecule has 0 saturated heterocycles. The van der Waals surface area contributed by atoms with Crippen LogP contribution in [0.5, 0.6) is 11.5 Å². The van der Waals surface area contributed by atoms with Crippen molar-refractivity contribution < 1.29 is 19.4 Å². The van der Waals surface area contributed by atoms with Crippen LogP contribution in [-0.4, -0.2) is 23.5 Å². The van der Waals surface area contributed by atoms with Gasteiger partial charge in [-0.2, -0.15) is 6.41 Å². The maximum atomic E-state index is 10.9. The number of rotatable bonds is 7. The minimum absolute atomic E-state index is 0. The number of amides is 1. The van der Waals surface area contributed by atoms with Crippen LogP contribution in [0, 0.1) is 0 Å². The van der Waals surface area contributed by atoms with Gasteiger partial charge >= 0.3 is 5.97 Å². The van der Waals surface area contributed by atoms with Crippen LogP contribution in [0.1, 0.15) is 5.56 Å². The summed E-state index contributed by atoms with van der Waals surface area (Å²) in [7, 11) is 0. The second kappa shape index (κ2) is 7.69. The number of carbonyl (C=O) groups is 1. The molecule has 1 amide bonds. The number of para-hydroxylation sites is 1. The first-order valence-corrected chi connectivity index (χ1v) is 6.36. The van der Waals surface area contributed by atoms with Crippen molar-refractivity contribution in [3.8, 4) is 11.5 Å². The van der Waals surface area contributed by atoms with Crippen LogP contribution in [0.3, 0.4) is 0 Å².